The quantitative estimate of drug-likeness (QED) is 0.739. The van der Waals surface area contributed by atoms with Gasteiger partial charge in [0, 0.05) is 5.56 Å². The maximum absolute atomic E-state index is 11.5. The van der Waals surface area contributed by atoms with E-state index in [9.17, 15) is 4.79 Å². The van der Waals surface area contributed by atoms with Gasteiger partial charge in [-0.15, -0.1) is 0 Å². The Morgan fingerprint density at radius 1 is 1.62 bits per heavy atom. The molecule has 68 valence electrons. The van der Waals surface area contributed by atoms with Gasteiger partial charge in [-0.2, -0.15) is 11.3 Å². The fraction of sp³-hybridized carbons (Fsp3) is 0.222. The van der Waals surface area contributed by atoms with Crippen molar-refractivity contribution in [2.45, 2.75) is 6.92 Å². The summed E-state index contributed by atoms with van der Waals surface area (Å²) in [5, 5.41) is 6.52. The molecule has 13 heavy (non-hydrogen) atoms. The van der Waals surface area contributed by atoms with Gasteiger partial charge in [-0.3, -0.25) is 4.79 Å². The fourth-order valence-corrected chi connectivity index (χ4v) is 1.92. The first-order valence-electron chi connectivity index (χ1n) is 3.93. The number of amides is 1. The number of nitrogens with one attached hydrogen (secondary N) is 1. The van der Waals surface area contributed by atoms with E-state index in [1.807, 2.05) is 23.8 Å². The van der Waals surface area contributed by atoms with Crippen molar-refractivity contribution in [1.82, 2.24) is 5.32 Å². The minimum Gasteiger partial charge on any atom is -0.477 e. The van der Waals surface area contributed by atoms with E-state index in [1.54, 1.807) is 11.3 Å². The van der Waals surface area contributed by atoms with Gasteiger partial charge in [0.2, 0.25) is 0 Å². The van der Waals surface area contributed by atoms with Crippen molar-refractivity contribution >= 4 is 22.8 Å². The van der Waals surface area contributed by atoms with E-state index < -0.39 is 0 Å². The summed E-state index contributed by atoms with van der Waals surface area (Å²) in [4.78, 5) is 11.5. The third-order valence-corrected chi connectivity index (χ3v) is 2.59. The zero-order valence-corrected chi connectivity index (χ0v) is 7.98. The highest BCUT2D eigenvalue weighted by Gasteiger charge is 2.20. The number of carbonyl (C=O) groups is 1. The molecule has 3 nitrogen and oxygen atoms in total. The summed E-state index contributed by atoms with van der Waals surface area (Å²) in [5.74, 6) is 0.643. The molecule has 0 bridgehead atoms. The Kier molecular flexibility index (Phi) is 2.06. The van der Waals surface area contributed by atoms with Gasteiger partial charge in [0.25, 0.3) is 5.91 Å². The van der Waals surface area contributed by atoms with Crippen LogP contribution in [0.15, 0.2) is 22.6 Å². The van der Waals surface area contributed by atoms with Crippen LogP contribution in [-0.2, 0) is 9.53 Å². The molecule has 1 amide bonds. The third-order valence-electron chi connectivity index (χ3n) is 1.91. The maximum Gasteiger partial charge on any atom is 0.257 e. The second-order valence-corrected chi connectivity index (χ2v) is 3.52. The maximum atomic E-state index is 11.5. The number of rotatable bonds is 1. The molecule has 2 rings (SSSR count). The lowest BCUT2D eigenvalue weighted by Gasteiger charge is -2.18. The van der Waals surface area contributed by atoms with Crippen LogP contribution in [-0.4, -0.2) is 12.6 Å². The number of carbonyl (C=O) groups excluding carboxylic acids is 1. The number of thiophene rings is 1. The van der Waals surface area contributed by atoms with Crippen LogP contribution in [0.2, 0.25) is 0 Å². The third kappa shape index (κ3) is 1.45. The average Bonchev–Trinajstić information content (AvgIpc) is 2.57. The highest BCUT2D eigenvalue weighted by molar-refractivity contribution is 7.08. The van der Waals surface area contributed by atoms with Crippen LogP contribution in [0.5, 0.6) is 0 Å². The van der Waals surface area contributed by atoms with Crippen LogP contribution in [0.1, 0.15) is 12.5 Å². The monoisotopic (exact) mass is 195 g/mol. The van der Waals surface area contributed by atoms with Crippen molar-refractivity contribution in [3.63, 3.8) is 0 Å². The smallest absolute Gasteiger partial charge is 0.257 e. The fourth-order valence-electron chi connectivity index (χ4n) is 1.27. The SMILES string of the molecule is CC1=C(c2ccsc2)C(=O)NCO1. The topological polar surface area (TPSA) is 38.3 Å². The molecule has 0 radical (unpaired) electrons. The normalized spacial score (nSPS) is 16.8. The zero-order valence-electron chi connectivity index (χ0n) is 7.16. The van der Waals surface area contributed by atoms with Gasteiger partial charge < -0.3 is 10.1 Å². The summed E-state index contributed by atoms with van der Waals surface area (Å²) in [6.45, 7) is 2.09. The average molecular weight is 195 g/mol. The largest absolute Gasteiger partial charge is 0.477 e. The molecule has 0 saturated heterocycles. The van der Waals surface area contributed by atoms with Crippen LogP contribution in [0.3, 0.4) is 0 Å². The van der Waals surface area contributed by atoms with Crippen molar-refractivity contribution in [3.8, 4) is 0 Å². The van der Waals surface area contributed by atoms with E-state index in [0.29, 0.717) is 11.3 Å². The number of allylic oxidation sites excluding steroid dienone is 1. The molecule has 1 aromatic heterocycles. The van der Waals surface area contributed by atoms with Crippen LogP contribution < -0.4 is 5.32 Å². The highest BCUT2D eigenvalue weighted by Crippen LogP contribution is 2.23. The molecule has 4 heteroatoms. The Balaban J connectivity index is 2.45. The molecule has 0 fully saturated rings. The lowest BCUT2D eigenvalue weighted by Crippen LogP contribution is -2.31. The molecule has 1 aromatic rings. The van der Waals surface area contributed by atoms with Crippen LogP contribution >= 0.6 is 11.3 Å². The summed E-state index contributed by atoms with van der Waals surface area (Å²) in [7, 11) is 0. The minimum atomic E-state index is -0.0536. The summed E-state index contributed by atoms with van der Waals surface area (Å²) < 4.78 is 5.24. The van der Waals surface area contributed by atoms with E-state index >= 15 is 0 Å². The van der Waals surface area contributed by atoms with Gasteiger partial charge in [-0.05, 0) is 23.8 Å². The first kappa shape index (κ1) is 8.31. The predicted molar refractivity (Wildman–Crippen MR) is 51.0 cm³/mol. The van der Waals surface area contributed by atoms with Gasteiger partial charge >= 0.3 is 0 Å². The molecule has 1 aliphatic rings. The van der Waals surface area contributed by atoms with Gasteiger partial charge in [0.1, 0.15) is 5.76 Å². The Morgan fingerprint density at radius 2 is 2.46 bits per heavy atom. The van der Waals surface area contributed by atoms with E-state index in [-0.39, 0.29) is 12.6 Å². The summed E-state index contributed by atoms with van der Waals surface area (Å²) in [6.07, 6.45) is 0. The van der Waals surface area contributed by atoms with Crippen LogP contribution in [0.4, 0.5) is 0 Å². The molecular weight excluding hydrogens is 186 g/mol. The first-order chi connectivity index (χ1) is 6.29. The van der Waals surface area contributed by atoms with Gasteiger partial charge in [-0.25, -0.2) is 0 Å². The Bertz CT molecular complexity index is 354. The molecule has 2 heterocycles. The van der Waals surface area contributed by atoms with Gasteiger partial charge in [0.15, 0.2) is 6.73 Å². The van der Waals surface area contributed by atoms with E-state index in [0.717, 1.165) is 5.56 Å². The second-order valence-electron chi connectivity index (χ2n) is 2.74. The van der Waals surface area contributed by atoms with Crippen molar-refractivity contribution in [1.29, 1.82) is 0 Å². The van der Waals surface area contributed by atoms with Crippen molar-refractivity contribution < 1.29 is 9.53 Å². The van der Waals surface area contributed by atoms with Crippen LogP contribution in [0, 0.1) is 0 Å². The Hall–Kier alpha value is -1.29. The number of hydrogen-bond donors (Lipinski definition) is 1. The zero-order chi connectivity index (χ0) is 9.26. The number of hydrogen-bond acceptors (Lipinski definition) is 3. The Morgan fingerprint density at radius 3 is 3.08 bits per heavy atom. The van der Waals surface area contributed by atoms with Crippen molar-refractivity contribution in [2.75, 3.05) is 6.73 Å². The molecule has 0 unspecified atom stereocenters. The molecule has 0 atom stereocenters. The minimum absolute atomic E-state index is 0.0536. The van der Waals surface area contributed by atoms with Gasteiger partial charge in [0.05, 0.1) is 5.57 Å². The summed E-state index contributed by atoms with van der Waals surface area (Å²) in [5.41, 5.74) is 1.58. The predicted octanol–water partition coefficient (Wildman–Crippen LogP) is 1.58. The van der Waals surface area contributed by atoms with E-state index in [4.69, 9.17) is 4.74 Å². The molecule has 1 aliphatic heterocycles. The molecule has 0 saturated carbocycles. The number of ether oxygens (including phenoxy) is 1. The van der Waals surface area contributed by atoms with Crippen molar-refractivity contribution in [2.24, 2.45) is 0 Å². The summed E-state index contributed by atoms with van der Waals surface area (Å²) in [6, 6.07) is 1.91. The summed E-state index contributed by atoms with van der Waals surface area (Å²) >= 11 is 1.57. The van der Waals surface area contributed by atoms with E-state index in [2.05, 4.69) is 5.32 Å². The first-order valence-corrected chi connectivity index (χ1v) is 4.88. The molecule has 0 spiro atoms. The molecular formula is C9H9NO2S. The van der Waals surface area contributed by atoms with Crippen molar-refractivity contribution in [3.05, 3.63) is 28.1 Å². The lowest BCUT2D eigenvalue weighted by molar-refractivity contribution is -0.118. The lowest BCUT2D eigenvalue weighted by atomic mass is 10.1. The van der Waals surface area contributed by atoms with Crippen LogP contribution in [0.25, 0.3) is 5.57 Å². The highest BCUT2D eigenvalue weighted by atomic mass is 32.1. The molecule has 0 aromatic carbocycles. The molecule has 0 aliphatic carbocycles. The van der Waals surface area contributed by atoms with E-state index in [1.165, 1.54) is 0 Å². The second kappa shape index (κ2) is 3.22. The molecule has 1 N–H and O–H groups in total. The Labute approximate surface area is 80.0 Å². The van der Waals surface area contributed by atoms with Gasteiger partial charge in [-0.1, -0.05) is 0 Å². The standard InChI is InChI=1S/C9H9NO2S/c1-6-8(7-2-3-13-4-7)9(11)10-5-12-6/h2-4H,5H2,1H3,(H,10,11).